The standard InChI is InChI=1S/C14H20BrN3O/c1-14(2)5-7-18(8-6-14)12-9-10(15)3-4-11(12)13(16)17-19/h3-4,9,19H,5-8H2,1-2H3,(H2,16,17). The second kappa shape index (κ2) is 5.41. The molecule has 0 bridgehead atoms. The first-order valence-electron chi connectivity index (χ1n) is 6.45. The second-order valence-electron chi connectivity index (χ2n) is 5.80. The molecule has 1 saturated heterocycles. The van der Waals surface area contributed by atoms with Gasteiger partial charge in [-0.2, -0.15) is 0 Å². The fourth-order valence-electron chi connectivity index (χ4n) is 2.39. The van der Waals surface area contributed by atoms with Crippen molar-refractivity contribution in [3.63, 3.8) is 0 Å². The van der Waals surface area contributed by atoms with Gasteiger partial charge >= 0.3 is 0 Å². The maximum atomic E-state index is 8.90. The van der Waals surface area contributed by atoms with Crippen LogP contribution in [0.2, 0.25) is 0 Å². The molecule has 1 fully saturated rings. The second-order valence-corrected chi connectivity index (χ2v) is 6.71. The number of halogens is 1. The molecule has 19 heavy (non-hydrogen) atoms. The van der Waals surface area contributed by atoms with E-state index < -0.39 is 0 Å². The monoisotopic (exact) mass is 325 g/mol. The number of hydrogen-bond acceptors (Lipinski definition) is 3. The molecule has 0 spiro atoms. The largest absolute Gasteiger partial charge is 0.409 e. The lowest BCUT2D eigenvalue weighted by molar-refractivity contribution is 0.279. The number of rotatable bonds is 2. The Bertz CT molecular complexity index is 489. The highest BCUT2D eigenvalue weighted by atomic mass is 79.9. The number of amidine groups is 1. The van der Waals surface area contributed by atoms with E-state index >= 15 is 0 Å². The molecule has 0 atom stereocenters. The Morgan fingerprint density at radius 3 is 2.58 bits per heavy atom. The molecular formula is C14H20BrN3O. The molecular weight excluding hydrogens is 306 g/mol. The summed E-state index contributed by atoms with van der Waals surface area (Å²) in [6.07, 6.45) is 2.30. The summed E-state index contributed by atoms with van der Waals surface area (Å²) < 4.78 is 1.00. The third-order valence-electron chi connectivity index (χ3n) is 3.80. The van der Waals surface area contributed by atoms with Crippen LogP contribution in [0, 0.1) is 5.41 Å². The summed E-state index contributed by atoms with van der Waals surface area (Å²) in [4.78, 5) is 2.31. The van der Waals surface area contributed by atoms with Gasteiger partial charge < -0.3 is 15.8 Å². The summed E-state index contributed by atoms with van der Waals surface area (Å²) in [6.45, 7) is 6.59. The van der Waals surface area contributed by atoms with Crippen molar-refractivity contribution in [3.05, 3.63) is 28.2 Å². The molecule has 1 heterocycles. The average molecular weight is 326 g/mol. The first kappa shape index (κ1) is 14.2. The summed E-state index contributed by atoms with van der Waals surface area (Å²) in [6, 6.07) is 5.82. The van der Waals surface area contributed by atoms with E-state index in [2.05, 4.69) is 39.8 Å². The maximum Gasteiger partial charge on any atom is 0.172 e. The van der Waals surface area contributed by atoms with Gasteiger partial charge in [0.15, 0.2) is 5.84 Å². The normalized spacial score (nSPS) is 19.5. The highest BCUT2D eigenvalue weighted by Crippen LogP contribution is 2.34. The minimum atomic E-state index is 0.160. The molecule has 0 saturated carbocycles. The van der Waals surface area contributed by atoms with Gasteiger partial charge in [0.05, 0.1) is 0 Å². The molecule has 1 aromatic rings. The topological polar surface area (TPSA) is 61.8 Å². The highest BCUT2D eigenvalue weighted by Gasteiger charge is 2.27. The van der Waals surface area contributed by atoms with Crippen LogP contribution in [0.3, 0.4) is 0 Å². The Hall–Kier alpha value is -1.23. The van der Waals surface area contributed by atoms with Crippen LogP contribution in [0.1, 0.15) is 32.3 Å². The number of nitrogens with zero attached hydrogens (tertiary/aromatic N) is 2. The summed E-state index contributed by atoms with van der Waals surface area (Å²) in [7, 11) is 0. The Morgan fingerprint density at radius 1 is 1.37 bits per heavy atom. The molecule has 1 aromatic carbocycles. The van der Waals surface area contributed by atoms with Gasteiger partial charge in [-0.15, -0.1) is 0 Å². The van der Waals surface area contributed by atoms with Crippen LogP contribution in [0.15, 0.2) is 27.8 Å². The lowest BCUT2D eigenvalue weighted by atomic mass is 9.82. The van der Waals surface area contributed by atoms with E-state index in [-0.39, 0.29) is 5.84 Å². The van der Waals surface area contributed by atoms with Gasteiger partial charge in [-0.05, 0) is 36.5 Å². The smallest absolute Gasteiger partial charge is 0.172 e. The molecule has 1 aliphatic heterocycles. The fraction of sp³-hybridized carbons (Fsp3) is 0.500. The van der Waals surface area contributed by atoms with Gasteiger partial charge in [-0.3, -0.25) is 0 Å². The number of hydrogen-bond donors (Lipinski definition) is 2. The van der Waals surface area contributed by atoms with Crippen LogP contribution in [-0.2, 0) is 0 Å². The van der Waals surface area contributed by atoms with E-state index in [1.54, 1.807) is 0 Å². The molecule has 104 valence electrons. The zero-order chi connectivity index (χ0) is 14.0. The molecule has 0 unspecified atom stereocenters. The van der Waals surface area contributed by atoms with Gasteiger partial charge in [0, 0.05) is 28.8 Å². The highest BCUT2D eigenvalue weighted by molar-refractivity contribution is 9.10. The van der Waals surface area contributed by atoms with E-state index in [9.17, 15) is 0 Å². The van der Waals surface area contributed by atoms with Gasteiger partial charge in [-0.25, -0.2) is 0 Å². The summed E-state index contributed by atoms with van der Waals surface area (Å²) >= 11 is 3.49. The van der Waals surface area contributed by atoms with Crippen molar-refractivity contribution in [3.8, 4) is 0 Å². The Labute approximate surface area is 122 Å². The van der Waals surface area contributed by atoms with Gasteiger partial charge in [0.1, 0.15) is 0 Å². The lowest BCUT2D eigenvalue weighted by Gasteiger charge is -2.39. The summed E-state index contributed by atoms with van der Waals surface area (Å²) in [5, 5.41) is 12.0. The van der Waals surface area contributed by atoms with Gasteiger partial charge in [0.2, 0.25) is 0 Å². The average Bonchev–Trinajstić information content (AvgIpc) is 2.38. The predicted octanol–water partition coefficient (Wildman–Crippen LogP) is 3.17. The van der Waals surface area contributed by atoms with E-state index in [1.807, 2.05) is 18.2 Å². The van der Waals surface area contributed by atoms with E-state index in [4.69, 9.17) is 10.9 Å². The predicted molar refractivity (Wildman–Crippen MR) is 81.9 cm³/mol. The number of benzene rings is 1. The minimum absolute atomic E-state index is 0.160. The van der Waals surface area contributed by atoms with Crippen LogP contribution in [0.4, 0.5) is 5.69 Å². The van der Waals surface area contributed by atoms with Crippen molar-refractivity contribution < 1.29 is 5.21 Å². The lowest BCUT2D eigenvalue weighted by Crippen LogP contribution is -2.38. The number of anilines is 1. The molecule has 0 aromatic heterocycles. The van der Waals surface area contributed by atoms with E-state index in [0.29, 0.717) is 5.41 Å². The fourth-order valence-corrected chi connectivity index (χ4v) is 2.74. The van der Waals surface area contributed by atoms with Crippen LogP contribution in [-0.4, -0.2) is 24.1 Å². The molecule has 2 rings (SSSR count). The third-order valence-corrected chi connectivity index (χ3v) is 4.29. The van der Waals surface area contributed by atoms with Crippen LogP contribution in [0.5, 0.6) is 0 Å². The van der Waals surface area contributed by atoms with Crippen molar-refractivity contribution in [2.45, 2.75) is 26.7 Å². The molecule has 1 aliphatic rings. The molecule has 0 aliphatic carbocycles. The van der Waals surface area contributed by atoms with Crippen LogP contribution in [0.25, 0.3) is 0 Å². The summed E-state index contributed by atoms with van der Waals surface area (Å²) in [5.74, 6) is 0.160. The van der Waals surface area contributed by atoms with E-state index in [0.717, 1.165) is 41.7 Å². The molecule has 3 N–H and O–H groups in total. The minimum Gasteiger partial charge on any atom is -0.409 e. The summed E-state index contributed by atoms with van der Waals surface area (Å²) in [5.41, 5.74) is 7.98. The van der Waals surface area contributed by atoms with Crippen molar-refractivity contribution in [2.75, 3.05) is 18.0 Å². The number of nitrogens with two attached hydrogens (primary N) is 1. The number of oxime groups is 1. The Balaban J connectivity index is 2.31. The van der Waals surface area contributed by atoms with Crippen LogP contribution >= 0.6 is 15.9 Å². The third kappa shape index (κ3) is 3.21. The first-order valence-corrected chi connectivity index (χ1v) is 7.25. The van der Waals surface area contributed by atoms with Crippen molar-refractivity contribution >= 4 is 27.5 Å². The van der Waals surface area contributed by atoms with Crippen molar-refractivity contribution in [1.82, 2.24) is 0 Å². The van der Waals surface area contributed by atoms with Crippen molar-refractivity contribution in [2.24, 2.45) is 16.3 Å². The molecule has 0 radical (unpaired) electrons. The molecule has 5 heteroatoms. The zero-order valence-electron chi connectivity index (χ0n) is 11.4. The van der Waals surface area contributed by atoms with E-state index in [1.165, 1.54) is 0 Å². The molecule has 4 nitrogen and oxygen atoms in total. The quantitative estimate of drug-likeness (QED) is 0.380. The molecule has 0 amide bonds. The Kier molecular flexibility index (Phi) is 4.04. The number of piperidine rings is 1. The van der Waals surface area contributed by atoms with Gasteiger partial charge in [-0.1, -0.05) is 34.9 Å². The van der Waals surface area contributed by atoms with Gasteiger partial charge in [0.25, 0.3) is 0 Å². The zero-order valence-corrected chi connectivity index (χ0v) is 12.9. The van der Waals surface area contributed by atoms with Crippen molar-refractivity contribution in [1.29, 1.82) is 0 Å². The maximum absolute atomic E-state index is 8.90. The Morgan fingerprint density at radius 2 is 2.00 bits per heavy atom. The van der Waals surface area contributed by atoms with Crippen LogP contribution < -0.4 is 10.6 Å². The SMILES string of the molecule is CC1(C)CCN(c2cc(Br)ccc2/C(N)=N/O)CC1. The first-order chi connectivity index (χ1) is 8.93.